The van der Waals surface area contributed by atoms with Crippen LogP contribution < -0.4 is 0 Å². The highest BCUT2D eigenvalue weighted by atomic mass is 15.0. The molecule has 0 saturated heterocycles. The van der Waals surface area contributed by atoms with Crippen LogP contribution in [0.25, 0.3) is 49.9 Å². The maximum atomic E-state index is 4.10. The third-order valence-electron chi connectivity index (χ3n) is 9.09. The van der Waals surface area contributed by atoms with E-state index >= 15 is 0 Å². The van der Waals surface area contributed by atoms with Crippen LogP contribution in [0.2, 0.25) is 0 Å². The van der Waals surface area contributed by atoms with E-state index in [0.29, 0.717) is 5.92 Å². The molecule has 0 bridgehead atoms. The summed E-state index contributed by atoms with van der Waals surface area (Å²) in [6.07, 6.45) is 20.3. The molecule has 210 valence electrons. The van der Waals surface area contributed by atoms with Gasteiger partial charge in [-0.05, 0) is 87.2 Å². The van der Waals surface area contributed by atoms with Crippen LogP contribution in [0.15, 0.2) is 169 Å². The molecule has 0 radical (unpaired) electrons. The second kappa shape index (κ2) is 11.0. The summed E-state index contributed by atoms with van der Waals surface area (Å²) in [5.41, 5.74) is 11.3. The van der Waals surface area contributed by atoms with Crippen molar-refractivity contribution in [3.8, 4) is 5.69 Å². The second-order valence-electron chi connectivity index (χ2n) is 11.7. The van der Waals surface area contributed by atoms with Gasteiger partial charge in [0.15, 0.2) is 0 Å². The number of fused-ring (bicyclic) bond motifs is 6. The highest BCUT2D eigenvalue weighted by molar-refractivity contribution is 6.13. The van der Waals surface area contributed by atoms with E-state index in [0.717, 1.165) is 12.8 Å². The molecule has 0 N–H and O–H groups in total. The Labute approximate surface area is 258 Å². The summed E-state index contributed by atoms with van der Waals surface area (Å²) in [7, 11) is 0. The Kier molecular flexibility index (Phi) is 6.57. The average Bonchev–Trinajstić information content (AvgIpc) is 3.26. The molecule has 44 heavy (non-hydrogen) atoms. The van der Waals surface area contributed by atoms with Crippen LogP contribution in [0, 0.1) is 5.92 Å². The van der Waals surface area contributed by atoms with Crippen molar-refractivity contribution in [1.29, 1.82) is 0 Å². The molecule has 1 heteroatoms. The van der Waals surface area contributed by atoms with Crippen molar-refractivity contribution in [3.63, 3.8) is 0 Å². The van der Waals surface area contributed by atoms with E-state index < -0.39 is 0 Å². The smallest absolute Gasteiger partial charge is 0.0547 e. The van der Waals surface area contributed by atoms with E-state index in [2.05, 4.69) is 163 Å². The van der Waals surface area contributed by atoms with Gasteiger partial charge in [-0.2, -0.15) is 0 Å². The molecule has 2 aliphatic rings. The number of aromatic nitrogens is 1. The van der Waals surface area contributed by atoms with Gasteiger partial charge >= 0.3 is 0 Å². The van der Waals surface area contributed by atoms with Crippen molar-refractivity contribution in [2.45, 2.75) is 12.8 Å². The molecule has 1 heterocycles. The van der Waals surface area contributed by atoms with Crippen LogP contribution >= 0.6 is 0 Å². The Bertz CT molecular complexity index is 2230. The lowest BCUT2D eigenvalue weighted by atomic mass is 9.89. The van der Waals surface area contributed by atoms with Crippen molar-refractivity contribution < 1.29 is 0 Å². The molecule has 1 unspecified atom stereocenters. The minimum Gasteiger partial charge on any atom is -0.309 e. The average molecular weight is 564 g/mol. The number of hydrogen-bond acceptors (Lipinski definition) is 0. The van der Waals surface area contributed by atoms with Gasteiger partial charge in [0, 0.05) is 16.5 Å². The largest absolute Gasteiger partial charge is 0.309 e. The minimum absolute atomic E-state index is 0.328. The van der Waals surface area contributed by atoms with Gasteiger partial charge < -0.3 is 4.57 Å². The fourth-order valence-electron chi connectivity index (χ4n) is 6.93. The third-order valence-corrected chi connectivity index (χ3v) is 9.09. The quantitative estimate of drug-likeness (QED) is 0.184. The van der Waals surface area contributed by atoms with Gasteiger partial charge in [0.2, 0.25) is 0 Å². The topological polar surface area (TPSA) is 4.93 Å². The Morgan fingerprint density at radius 2 is 1.55 bits per heavy atom. The SMILES string of the molecule is C=C/C(=C\C1C=C(C2=CCc3ccc4c(c3C=C2)c2ccccc2n4-c2ccc3ccccc3c2)C=CC1)c1ccccc1. The predicted octanol–water partition coefficient (Wildman–Crippen LogP) is 11.2. The maximum absolute atomic E-state index is 4.10. The summed E-state index contributed by atoms with van der Waals surface area (Å²) in [4.78, 5) is 0. The Morgan fingerprint density at radius 3 is 2.43 bits per heavy atom. The van der Waals surface area contributed by atoms with Crippen LogP contribution in [0.1, 0.15) is 23.1 Å². The standard InChI is InChI=1S/C43H33N/c1-2-31(32-12-4-3-5-13-32)27-30-11-10-16-36(28-30)34-19-20-35-23-26-42-43(39(35)25-22-34)40-17-8-9-18-41(40)44(42)38-24-21-33-14-6-7-15-37(33)29-38/h2-10,12-19,21-30H,1,11,20H2/b31-27+. The number of benzene rings is 5. The van der Waals surface area contributed by atoms with Gasteiger partial charge in [0.1, 0.15) is 0 Å². The molecule has 0 amide bonds. The summed E-state index contributed by atoms with van der Waals surface area (Å²) in [6.45, 7) is 4.10. The van der Waals surface area contributed by atoms with Crippen molar-refractivity contribution in [3.05, 3.63) is 186 Å². The van der Waals surface area contributed by atoms with Crippen molar-refractivity contribution >= 4 is 44.2 Å². The zero-order chi connectivity index (χ0) is 29.5. The number of allylic oxidation sites excluding steroid dienone is 10. The lowest BCUT2D eigenvalue weighted by Gasteiger charge is -2.16. The number of para-hydroxylation sites is 1. The zero-order valence-electron chi connectivity index (χ0n) is 24.7. The molecule has 1 nitrogen and oxygen atoms in total. The zero-order valence-corrected chi connectivity index (χ0v) is 24.7. The number of rotatable bonds is 5. The minimum atomic E-state index is 0.328. The van der Waals surface area contributed by atoms with E-state index in [1.165, 1.54) is 71.7 Å². The normalized spacial score (nSPS) is 16.5. The lowest BCUT2D eigenvalue weighted by molar-refractivity contribution is 0.816. The molecule has 1 aromatic heterocycles. The molecular weight excluding hydrogens is 530 g/mol. The fourth-order valence-corrected chi connectivity index (χ4v) is 6.93. The van der Waals surface area contributed by atoms with E-state index in [4.69, 9.17) is 0 Å². The van der Waals surface area contributed by atoms with Crippen LogP contribution in [-0.2, 0) is 6.42 Å². The first kappa shape index (κ1) is 26.2. The molecule has 0 saturated carbocycles. The van der Waals surface area contributed by atoms with Crippen molar-refractivity contribution in [1.82, 2.24) is 4.57 Å². The Balaban J connectivity index is 1.20. The molecule has 0 aliphatic heterocycles. The monoisotopic (exact) mass is 563 g/mol. The fraction of sp³-hybridized carbons (Fsp3) is 0.0698. The Hall–Kier alpha value is -5.40. The predicted molar refractivity (Wildman–Crippen MR) is 189 cm³/mol. The highest BCUT2D eigenvalue weighted by Gasteiger charge is 2.19. The lowest BCUT2D eigenvalue weighted by Crippen LogP contribution is -2.00. The first-order chi connectivity index (χ1) is 21.8. The van der Waals surface area contributed by atoms with Crippen molar-refractivity contribution in [2.24, 2.45) is 5.92 Å². The molecule has 2 aliphatic carbocycles. The first-order valence-electron chi connectivity index (χ1n) is 15.5. The molecule has 8 rings (SSSR count). The van der Waals surface area contributed by atoms with Crippen molar-refractivity contribution in [2.75, 3.05) is 0 Å². The first-order valence-corrected chi connectivity index (χ1v) is 15.5. The molecule has 0 spiro atoms. The summed E-state index contributed by atoms with van der Waals surface area (Å²) in [5, 5.41) is 5.13. The van der Waals surface area contributed by atoms with E-state index in [1.54, 1.807) is 0 Å². The van der Waals surface area contributed by atoms with E-state index in [-0.39, 0.29) is 0 Å². The summed E-state index contributed by atoms with van der Waals surface area (Å²) in [6, 6.07) is 39.4. The number of nitrogens with zero attached hydrogens (tertiary/aromatic N) is 1. The number of hydrogen-bond donors (Lipinski definition) is 0. The van der Waals surface area contributed by atoms with Gasteiger partial charge in [-0.15, -0.1) is 0 Å². The van der Waals surface area contributed by atoms with Crippen LogP contribution in [0.3, 0.4) is 0 Å². The van der Waals surface area contributed by atoms with Gasteiger partial charge in [-0.1, -0.05) is 140 Å². The second-order valence-corrected chi connectivity index (χ2v) is 11.7. The van der Waals surface area contributed by atoms with Crippen LogP contribution in [0.5, 0.6) is 0 Å². The Morgan fingerprint density at radius 1 is 0.727 bits per heavy atom. The molecular formula is C43H33N. The summed E-state index contributed by atoms with van der Waals surface area (Å²) in [5.74, 6) is 0.328. The molecule has 5 aromatic carbocycles. The highest BCUT2D eigenvalue weighted by Crippen LogP contribution is 2.38. The molecule has 1 atom stereocenters. The van der Waals surface area contributed by atoms with Gasteiger partial charge in [-0.3, -0.25) is 0 Å². The van der Waals surface area contributed by atoms with Crippen LogP contribution in [0.4, 0.5) is 0 Å². The summed E-state index contributed by atoms with van der Waals surface area (Å²) >= 11 is 0. The maximum Gasteiger partial charge on any atom is 0.0547 e. The van der Waals surface area contributed by atoms with E-state index in [1.807, 2.05) is 6.08 Å². The van der Waals surface area contributed by atoms with E-state index in [9.17, 15) is 0 Å². The van der Waals surface area contributed by atoms with Gasteiger partial charge in [0.25, 0.3) is 0 Å². The van der Waals surface area contributed by atoms with Crippen LogP contribution in [-0.4, -0.2) is 4.57 Å². The van der Waals surface area contributed by atoms with Gasteiger partial charge in [0.05, 0.1) is 11.0 Å². The van der Waals surface area contributed by atoms with Gasteiger partial charge in [-0.25, -0.2) is 0 Å². The molecule has 0 fully saturated rings. The third kappa shape index (κ3) is 4.58. The molecule has 6 aromatic rings. The summed E-state index contributed by atoms with van der Waals surface area (Å²) < 4.78 is 2.43.